The number of hydrogen-bond donors (Lipinski definition) is 1. The molecule has 0 aliphatic rings. The molecule has 0 aliphatic heterocycles. The van der Waals surface area contributed by atoms with E-state index in [0.717, 1.165) is 12.1 Å². The molecule has 1 amide bonds. The minimum Gasteiger partial charge on any atom is -0.326 e. The molecule has 32 heavy (non-hydrogen) atoms. The molecule has 0 spiro atoms. The fourth-order valence-electron chi connectivity index (χ4n) is 3.10. The molecule has 0 aliphatic carbocycles. The van der Waals surface area contributed by atoms with Crippen LogP contribution in [0.25, 0.3) is 16.7 Å². The minimum absolute atomic E-state index is 0.00585. The summed E-state index contributed by atoms with van der Waals surface area (Å²) in [5.74, 6) is -0.970. The van der Waals surface area contributed by atoms with E-state index in [1.165, 1.54) is 58.2 Å². The van der Waals surface area contributed by atoms with Gasteiger partial charge in [-0.15, -0.1) is 0 Å². The maximum absolute atomic E-state index is 13.1. The molecule has 0 saturated heterocycles. The van der Waals surface area contributed by atoms with Crippen LogP contribution in [0, 0.1) is 5.82 Å². The Morgan fingerprint density at radius 1 is 1.09 bits per heavy atom. The zero-order valence-electron chi connectivity index (χ0n) is 16.3. The van der Waals surface area contributed by atoms with Crippen LogP contribution in [-0.4, -0.2) is 25.2 Å². The van der Waals surface area contributed by atoms with E-state index in [1.807, 2.05) is 0 Å². The normalized spacial score (nSPS) is 11.6. The number of carbonyl (C=O) groups is 1. The fourth-order valence-corrected chi connectivity index (χ4v) is 3.10. The predicted octanol–water partition coefficient (Wildman–Crippen LogP) is 3.77. The highest BCUT2D eigenvalue weighted by Crippen LogP contribution is 2.30. The molecule has 2 aromatic heterocycles. The average molecular weight is 445 g/mol. The van der Waals surface area contributed by atoms with E-state index in [4.69, 9.17) is 0 Å². The highest BCUT2D eigenvalue weighted by molar-refractivity contribution is 5.90. The first-order valence-corrected chi connectivity index (χ1v) is 9.38. The van der Waals surface area contributed by atoms with Crippen molar-refractivity contribution in [2.45, 2.75) is 19.1 Å². The summed E-state index contributed by atoms with van der Waals surface area (Å²) in [6.45, 7) is -0.0334. The third-order valence-corrected chi connectivity index (χ3v) is 4.68. The lowest BCUT2D eigenvalue weighted by molar-refractivity contribution is -0.137. The number of nitrogens with one attached hydrogen (secondary N) is 1. The maximum Gasteiger partial charge on any atom is 0.416 e. The van der Waals surface area contributed by atoms with Gasteiger partial charge in [0.15, 0.2) is 5.65 Å². The van der Waals surface area contributed by atoms with E-state index in [9.17, 15) is 27.2 Å². The first-order valence-electron chi connectivity index (χ1n) is 9.38. The number of halogens is 4. The molecule has 0 bridgehead atoms. The van der Waals surface area contributed by atoms with Gasteiger partial charge in [0.2, 0.25) is 5.91 Å². The fraction of sp³-hybridized carbons (Fsp3) is 0.143. The van der Waals surface area contributed by atoms with Crippen LogP contribution in [0.15, 0.2) is 65.8 Å². The summed E-state index contributed by atoms with van der Waals surface area (Å²) in [5, 5.41) is 6.72. The van der Waals surface area contributed by atoms with Gasteiger partial charge in [-0.3, -0.25) is 14.2 Å². The van der Waals surface area contributed by atoms with Gasteiger partial charge < -0.3 is 5.32 Å². The van der Waals surface area contributed by atoms with E-state index in [-0.39, 0.29) is 29.7 Å². The number of alkyl halides is 3. The smallest absolute Gasteiger partial charge is 0.326 e. The summed E-state index contributed by atoms with van der Waals surface area (Å²) in [7, 11) is 0. The second-order valence-electron chi connectivity index (χ2n) is 6.89. The molecule has 4 rings (SSSR count). The van der Waals surface area contributed by atoms with Crippen LogP contribution in [-0.2, 0) is 17.5 Å². The Labute approximate surface area is 177 Å². The number of aryl methyl sites for hydroxylation is 1. The van der Waals surface area contributed by atoms with Gasteiger partial charge in [-0.25, -0.2) is 14.1 Å². The van der Waals surface area contributed by atoms with Crippen molar-refractivity contribution in [3.8, 4) is 5.69 Å². The molecular weight excluding hydrogens is 430 g/mol. The van der Waals surface area contributed by atoms with Crippen LogP contribution in [0.5, 0.6) is 0 Å². The quantitative estimate of drug-likeness (QED) is 0.474. The van der Waals surface area contributed by atoms with Gasteiger partial charge >= 0.3 is 6.18 Å². The van der Waals surface area contributed by atoms with Gasteiger partial charge in [0.25, 0.3) is 5.56 Å². The van der Waals surface area contributed by atoms with Gasteiger partial charge in [-0.2, -0.15) is 18.3 Å². The van der Waals surface area contributed by atoms with Crippen molar-refractivity contribution in [3.05, 3.63) is 82.8 Å². The molecule has 164 valence electrons. The first-order chi connectivity index (χ1) is 15.2. The van der Waals surface area contributed by atoms with Gasteiger partial charge in [-0.05, 0) is 42.5 Å². The second kappa shape index (κ2) is 8.25. The first kappa shape index (κ1) is 21.2. The molecule has 0 radical (unpaired) electrons. The van der Waals surface area contributed by atoms with Gasteiger partial charge in [0.05, 0.1) is 23.8 Å². The number of nitrogens with zero attached hydrogens (tertiary/aromatic N) is 4. The Morgan fingerprint density at radius 2 is 1.84 bits per heavy atom. The predicted molar refractivity (Wildman–Crippen MR) is 108 cm³/mol. The van der Waals surface area contributed by atoms with Gasteiger partial charge in [0.1, 0.15) is 11.2 Å². The summed E-state index contributed by atoms with van der Waals surface area (Å²) in [5.41, 5.74) is -0.515. The Balaban J connectivity index is 1.48. The summed E-state index contributed by atoms with van der Waals surface area (Å²) in [4.78, 5) is 29.1. The highest BCUT2D eigenvalue weighted by Gasteiger charge is 2.30. The monoisotopic (exact) mass is 445 g/mol. The van der Waals surface area contributed by atoms with E-state index in [0.29, 0.717) is 5.69 Å². The summed E-state index contributed by atoms with van der Waals surface area (Å²) >= 11 is 0. The largest absolute Gasteiger partial charge is 0.416 e. The molecular formula is C21H15F4N5O2. The highest BCUT2D eigenvalue weighted by atomic mass is 19.4. The Hall–Kier alpha value is -4.02. The minimum atomic E-state index is -4.52. The maximum atomic E-state index is 13.1. The lowest BCUT2D eigenvalue weighted by atomic mass is 10.2. The number of benzene rings is 2. The summed E-state index contributed by atoms with van der Waals surface area (Å²) < 4.78 is 54.1. The van der Waals surface area contributed by atoms with Crippen LogP contribution in [0.2, 0.25) is 0 Å². The molecule has 11 heteroatoms. The number of amides is 1. The average Bonchev–Trinajstić information content (AvgIpc) is 3.18. The molecule has 2 heterocycles. The van der Waals surface area contributed by atoms with E-state index in [2.05, 4.69) is 15.4 Å². The Kier molecular flexibility index (Phi) is 5.47. The molecule has 7 nitrogen and oxygen atoms in total. The third kappa shape index (κ3) is 4.36. The van der Waals surface area contributed by atoms with Crippen molar-refractivity contribution < 1.29 is 22.4 Å². The van der Waals surface area contributed by atoms with Crippen molar-refractivity contribution in [1.29, 1.82) is 0 Å². The number of rotatable bonds is 5. The number of anilines is 1. The van der Waals surface area contributed by atoms with Crippen molar-refractivity contribution in [2.24, 2.45) is 0 Å². The molecule has 0 atom stereocenters. The lowest BCUT2D eigenvalue weighted by Crippen LogP contribution is -2.23. The Bertz CT molecular complexity index is 1340. The van der Waals surface area contributed by atoms with Crippen LogP contribution in [0.3, 0.4) is 0 Å². The molecule has 0 fully saturated rings. The standard InChI is InChI=1S/C21H15F4N5O2/c22-14-4-6-16(7-5-14)30-19-17(11-27-30)20(32)29(12-26-19)9-8-18(31)28-15-3-1-2-13(10-15)21(23,24)25/h1-7,10-12H,8-9H2,(H,28,31). The number of aromatic nitrogens is 4. The van der Waals surface area contributed by atoms with Gasteiger partial charge in [0, 0.05) is 18.7 Å². The van der Waals surface area contributed by atoms with Crippen LogP contribution >= 0.6 is 0 Å². The molecule has 0 unspecified atom stereocenters. The van der Waals surface area contributed by atoms with E-state index in [1.54, 1.807) is 0 Å². The number of fused-ring (bicyclic) bond motifs is 1. The van der Waals surface area contributed by atoms with Crippen LogP contribution in [0.1, 0.15) is 12.0 Å². The second-order valence-corrected chi connectivity index (χ2v) is 6.89. The Morgan fingerprint density at radius 3 is 2.56 bits per heavy atom. The molecule has 1 N–H and O–H groups in total. The van der Waals surface area contributed by atoms with Crippen molar-refractivity contribution in [2.75, 3.05) is 5.32 Å². The van der Waals surface area contributed by atoms with Crippen LogP contribution in [0.4, 0.5) is 23.2 Å². The third-order valence-electron chi connectivity index (χ3n) is 4.68. The van der Waals surface area contributed by atoms with Crippen molar-refractivity contribution in [3.63, 3.8) is 0 Å². The molecule has 4 aromatic rings. The zero-order chi connectivity index (χ0) is 22.9. The SMILES string of the molecule is O=C(CCn1cnc2c(cnn2-c2ccc(F)cc2)c1=O)Nc1cccc(C(F)(F)F)c1. The van der Waals surface area contributed by atoms with Crippen LogP contribution < -0.4 is 10.9 Å². The number of carbonyl (C=O) groups excluding carboxylic acids is 1. The van der Waals surface area contributed by atoms with E-state index < -0.39 is 29.0 Å². The topological polar surface area (TPSA) is 81.8 Å². The number of hydrogen-bond acceptors (Lipinski definition) is 4. The van der Waals surface area contributed by atoms with Crippen molar-refractivity contribution in [1.82, 2.24) is 19.3 Å². The summed E-state index contributed by atoms with van der Waals surface area (Å²) in [6.07, 6.45) is -2.10. The molecule has 2 aromatic carbocycles. The van der Waals surface area contributed by atoms with Crippen molar-refractivity contribution >= 4 is 22.6 Å². The van der Waals surface area contributed by atoms with Gasteiger partial charge in [-0.1, -0.05) is 6.07 Å². The lowest BCUT2D eigenvalue weighted by Gasteiger charge is -2.10. The molecule has 0 saturated carbocycles. The van der Waals surface area contributed by atoms with E-state index >= 15 is 0 Å². The summed E-state index contributed by atoms with van der Waals surface area (Å²) in [6, 6.07) is 9.78. The zero-order valence-corrected chi connectivity index (χ0v) is 16.3.